The molecule has 2 aromatic rings. The summed E-state index contributed by atoms with van der Waals surface area (Å²) in [5, 5.41) is 11.5. The Kier molecular flexibility index (Phi) is 2.81. The summed E-state index contributed by atoms with van der Waals surface area (Å²) in [5.74, 6) is -0.876. The average Bonchev–Trinajstić information content (AvgIpc) is 2.56. The molecule has 14 heavy (non-hydrogen) atoms. The largest absolute Gasteiger partial charge is 0.478 e. The number of aromatic carboxylic acids is 1. The Balaban J connectivity index is 2.90. The molecular weight excluding hydrogens is 379 g/mol. The number of benzene rings is 1. The van der Waals surface area contributed by atoms with Crippen LogP contribution in [0.2, 0.25) is 0 Å². The molecule has 1 N–H and O–H groups in total. The highest BCUT2D eigenvalue weighted by Crippen LogP contribution is 2.35. The zero-order valence-electron chi connectivity index (χ0n) is 6.75. The molecule has 0 bridgehead atoms. The van der Waals surface area contributed by atoms with Gasteiger partial charge in [-0.15, -0.1) is 11.3 Å². The van der Waals surface area contributed by atoms with Crippen molar-refractivity contribution in [2.45, 2.75) is 0 Å². The summed E-state index contributed by atoms with van der Waals surface area (Å²) in [6.45, 7) is 0. The Morgan fingerprint density at radius 3 is 2.86 bits per heavy atom. The van der Waals surface area contributed by atoms with Crippen LogP contribution >= 0.6 is 49.9 Å². The number of carbonyl (C=O) groups is 1. The standard InChI is InChI=1S/C9H4BrIO2S/c10-5-1-2-6(11)8-7(5)4(3-14-8)9(12)13/h1-3H,(H,12,13). The zero-order valence-corrected chi connectivity index (χ0v) is 11.3. The highest BCUT2D eigenvalue weighted by molar-refractivity contribution is 14.1. The van der Waals surface area contributed by atoms with Crippen molar-refractivity contribution < 1.29 is 9.90 Å². The van der Waals surface area contributed by atoms with Crippen LogP contribution in [0.4, 0.5) is 0 Å². The SMILES string of the molecule is O=C(O)c1csc2c(I)ccc(Br)c12. The van der Waals surface area contributed by atoms with Crippen LogP contribution < -0.4 is 0 Å². The van der Waals surface area contributed by atoms with Gasteiger partial charge in [0.1, 0.15) is 0 Å². The van der Waals surface area contributed by atoms with Crippen molar-refractivity contribution in [3.8, 4) is 0 Å². The van der Waals surface area contributed by atoms with E-state index in [1.807, 2.05) is 12.1 Å². The lowest BCUT2D eigenvalue weighted by molar-refractivity contribution is 0.0699. The molecule has 0 fully saturated rings. The van der Waals surface area contributed by atoms with Crippen molar-refractivity contribution in [2.24, 2.45) is 0 Å². The Bertz CT molecular complexity index is 521. The number of carboxylic acids is 1. The van der Waals surface area contributed by atoms with Gasteiger partial charge in [0.05, 0.1) is 5.56 Å². The Morgan fingerprint density at radius 1 is 1.50 bits per heavy atom. The molecule has 5 heteroatoms. The van der Waals surface area contributed by atoms with E-state index < -0.39 is 5.97 Å². The van der Waals surface area contributed by atoms with Gasteiger partial charge >= 0.3 is 5.97 Å². The van der Waals surface area contributed by atoms with E-state index in [2.05, 4.69) is 38.5 Å². The molecule has 0 aliphatic carbocycles. The lowest BCUT2D eigenvalue weighted by Gasteiger charge is -1.98. The Morgan fingerprint density at radius 2 is 2.21 bits per heavy atom. The maximum absolute atomic E-state index is 10.9. The van der Waals surface area contributed by atoms with E-state index in [0.717, 1.165) is 18.1 Å². The molecule has 0 spiro atoms. The van der Waals surface area contributed by atoms with Crippen molar-refractivity contribution in [1.82, 2.24) is 0 Å². The van der Waals surface area contributed by atoms with E-state index >= 15 is 0 Å². The van der Waals surface area contributed by atoms with E-state index in [1.54, 1.807) is 5.38 Å². The van der Waals surface area contributed by atoms with Crippen LogP contribution in [0.1, 0.15) is 10.4 Å². The highest BCUT2D eigenvalue weighted by Gasteiger charge is 2.14. The summed E-state index contributed by atoms with van der Waals surface area (Å²) in [5.41, 5.74) is 0.371. The molecular formula is C9H4BrIO2S. The zero-order chi connectivity index (χ0) is 10.3. The molecule has 0 aliphatic heterocycles. The number of halogens is 2. The first kappa shape index (κ1) is 10.4. The number of hydrogen-bond donors (Lipinski definition) is 1. The van der Waals surface area contributed by atoms with Gasteiger partial charge in [-0.25, -0.2) is 4.79 Å². The summed E-state index contributed by atoms with van der Waals surface area (Å²) in [6.07, 6.45) is 0. The minimum atomic E-state index is -0.876. The molecule has 72 valence electrons. The molecule has 0 radical (unpaired) electrons. The minimum absolute atomic E-state index is 0.371. The van der Waals surface area contributed by atoms with Gasteiger partial charge in [0.2, 0.25) is 0 Å². The van der Waals surface area contributed by atoms with Crippen LogP contribution in [0.15, 0.2) is 22.0 Å². The van der Waals surface area contributed by atoms with E-state index in [-0.39, 0.29) is 0 Å². The van der Waals surface area contributed by atoms with Gasteiger partial charge in [-0.1, -0.05) is 15.9 Å². The van der Waals surface area contributed by atoms with Crippen molar-refractivity contribution >= 4 is 65.9 Å². The lowest BCUT2D eigenvalue weighted by Crippen LogP contribution is -1.94. The van der Waals surface area contributed by atoms with Crippen LogP contribution in [0.25, 0.3) is 10.1 Å². The fourth-order valence-electron chi connectivity index (χ4n) is 1.23. The number of rotatable bonds is 1. The summed E-state index contributed by atoms with van der Waals surface area (Å²) < 4.78 is 2.95. The van der Waals surface area contributed by atoms with Crippen molar-refractivity contribution in [3.05, 3.63) is 31.1 Å². The smallest absolute Gasteiger partial charge is 0.337 e. The maximum atomic E-state index is 10.9. The predicted octanol–water partition coefficient (Wildman–Crippen LogP) is 3.97. The Hall–Kier alpha value is -0.140. The molecule has 0 saturated heterocycles. The molecule has 1 aromatic carbocycles. The molecule has 2 rings (SSSR count). The Labute approximate surface area is 106 Å². The third-order valence-corrected chi connectivity index (χ3v) is 4.79. The highest BCUT2D eigenvalue weighted by atomic mass is 127. The van der Waals surface area contributed by atoms with Crippen molar-refractivity contribution in [2.75, 3.05) is 0 Å². The predicted molar refractivity (Wildman–Crippen MR) is 69.2 cm³/mol. The van der Waals surface area contributed by atoms with E-state index in [0.29, 0.717) is 5.56 Å². The van der Waals surface area contributed by atoms with Crippen LogP contribution in [0.5, 0.6) is 0 Å². The number of thiophene rings is 1. The minimum Gasteiger partial charge on any atom is -0.478 e. The van der Waals surface area contributed by atoms with Gasteiger partial charge < -0.3 is 5.11 Å². The molecule has 2 nitrogen and oxygen atoms in total. The molecule has 1 aromatic heterocycles. The average molecular weight is 383 g/mol. The van der Waals surface area contributed by atoms with Crippen molar-refractivity contribution in [1.29, 1.82) is 0 Å². The lowest BCUT2D eigenvalue weighted by atomic mass is 10.2. The molecule has 1 heterocycles. The van der Waals surface area contributed by atoms with Crippen LogP contribution in [0.3, 0.4) is 0 Å². The normalized spacial score (nSPS) is 10.7. The van der Waals surface area contributed by atoms with E-state index in [4.69, 9.17) is 5.11 Å². The first-order chi connectivity index (χ1) is 6.61. The fourth-order valence-corrected chi connectivity index (χ4v) is 3.71. The number of hydrogen-bond acceptors (Lipinski definition) is 2. The molecule has 0 unspecified atom stereocenters. The third-order valence-electron chi connectivity index (χ3n) is 1.85. The summed E-state index contributed by atoms with van der Waals surface area (Å²) in [6, 6.07) is 3.85. The topological polar surface area (TPSA) is 37.3 Å². The second kappa shape index (κ2) is 3.79. The third kappa shape index (κ3) is 1.57. The van der Waals surface area contributed by atoms with Gasteiger partial charge in [-0.3, -0.25) is 0 Å². The van der Waals surface area contributed by atoms with Crippen LogP contribution in [0, 0.1) is 3.57 Å². The summed E-state index contributed by atoms with van der Waals surface area (Å²) >= 11 is 7.04. The quantitative estimate of drug-likeness (QED) is 0.758. The van der Waals surface area contributed by atoms with E-state index in [9.17, 15) is 4.79 Å². The van der Waals surface area contributed by atoms with Crippen LogP contribution in [-0.2, 0) is 0 Å². The summed E-state index contributed by atoms with van der Waals surface area (Å²) in [7, 11) is 0. The van der Waals surface area contributed by atoms with E-state index in [1.165, 1.54) is 11.3 Å². The molecule has 0 saturated carbocycles. The van der Waals surface area contributed by atoms with Gasteiger partial charge in [0, 0.05) is 23.5 Å². The first-order valence-electron chi connectivity index (χ1n) is 3.69. The number of carboxylic acid groups (broad SMARTS) is 1. The second-order valence-corrected chi connectivity index (χ2v) is 5.58. The van der Waals surface area contributed by atoms with Crippen LogP contribution in [-0.4, -0.2) is 11.1 Å². The second-order valence-electron chi connectivity index (χ2n) is 2.69. The maximum Gasteiger partial charge on any atom is 0.337 e. The van der Waals surface area contributed by atoms with Crippen molar-refractivity contribution in [3.63, 3.8) is 0 Å². The van der Waals surface area contributed by atoms with Gasteiger partial charge in [-0.05, 0) is 34.7 Å². The first-order valence-corrected chi connectivity index (χ1v) is 6.45. The van der Waals surface area contributed by atoms with Gasteiger partial charge in [0.25, 0.3) is 0 Å². The molecule has 0 aliphatic rings. The molecule has 0 atom stereocenters. The monoisotopic (exact) mass is 382 g/mol. The number of fused-ring (bicyclic) bond motifs is 1. The molecule has 0 amide bonds. The summed E-state index contributed by atoms with van der Waals surface area (Å²) in [4.78, 5) is 10.9. The van der Waals surface area contributed by atoms with Gasteiger partial charge in [-0.2, -0.15) is 0 Å². The van der Waals surface area contributed by atoms with Gasteiger partial charge in [0.15, 0.2) is 0 Å². The fraction of sp³-hybridized carbons (Fsp3) is 0.